The third-order valence-electron chi connectivity index (χ3n) is 1.95. The second-order valence-electron chi connectivity index (χ2n) is 2.76. The van der Waals surface area contributed by atoms with Crippen molar-refractivity contribution >= 4 is 0 Å². The summed E-state index contributed by atoms with van der Waals surface area (Å²) in [5, 5.41) is 0. The second kappa shape index (κ2) is 3.09. The Morgan fingerprint density at radius 3 is 2.91 bits per heavy atom. The molecule has 2 heterocycles. The summed E-state index contributed by atoms with van der Waals surface area (Å²) in [5.41, 5.74) is 0. The highest BCUT2D eigenvalue weighted by Crippen LogP contribution is 2.23. The number of ether oxygens (including phenoxy) is 2. The first kappa shape index (κ1) is 6.92. The molecule has 0 bridgehead atoms. The molecule has 2 unspecified atom stereocenters. The van der Waals surface area contributed by atoms with Crippen molar-refractivity contribution in [1.82, 2.24) is 0 Å². The van der Waals surface area contributed by atoms with E-state index in [0.717, 1.165) is 6.42 Å². The Morgan fingerprint density at radius 2 is 2.27 bits per heavy atom. The van der Waals surface area contributed by atoms with E-state index in [0.29, 0.717) is 12.5 Å². The van der Waals surface area contributed by atoms with Gasteiger partial charge in [-0.2, -0.15) is 0 Å². The zero-order valence-electron chi connectivity index (χ0n) is 6.27. The predicted octanol–water partition coefficient (Wildman–Crippen LogP) is 1.65. The highest BCUT2D eigenvalue weighted by Gasteiger charge is 2.23. The first-order valence-electron chi connectivity index (χ1n) is 3.89. The lowest BCUT2D eigenvalue weighted by Crippen LogP contribution is -2.21. The lowest BCUT2D eigenvalue weighted by Gasteiger charge is -2.21. The fraction of sp³-hybridized carbons (Fsp3) is 0.444. The SMILES string of the molecule is [CH]1OCC=CC1C1CC=CO1. The molecular formula is C9H11O2. The maximum atomic E-state index is 5.35. The second-order valence-corrected chi connectivity index (χ2v) is 2.76. The molecule has 0 amide bonds. The molecule has 59 valence electrons. The van der Waals surface area contributed by atoms with Gasteiger partial charge in [0, 0.05) is 12.3 Å². The molecule has 1 radical (unpaired) electrons. The van der Waals surface area contributed by atoms with Crippen LogP contribution in [0.25, 0.3) is 0 Å². The van der Waals surface area contributed by atoms with Crippen molar-refractivity contribution < 1.29 is 9.47 Å². The fourth-order valence-corrected chi connectivity index (χ4v) is 1.34. The molecule has 2 rings (SSSR count). The summed E-state index contributed by atoms with van der Waals surface area (Å²) < 4.78 is 10.5. The molecule has 2 nitrogen and oxygen atoms in total. The van der Waals surface area contributed by atoms with Gasteiger partial charge >= 0.3 is 0 Å². The van der Waals surface area contributed by atoms with Crippen molar-refractivity contribution in [2.45, 2.75) is 12.5 Å². The third kappa shape index (κ3) is 1.46. The van der Waals surface area contributed by atoms with E-state index in [2.05, 4.69) is 6.08 Å². The van der Waals surface area contributed by atoms with Gasteiger partial charge in [0.2, 0.25) is 0 Å². The molecular weight excluding hydrogens is 140 g/mol. The third-order valence-corrected chi connectivity index (χ3v) is 1.95. The average Bonchev–Trinajstić information content (AvgIpc) is 2.58. The van der Waals surface area contributed by atoms with E-state index in [1.807, 2.05) is 18.8 Å². The topological polar surface area (TPSA) is 18.5 Å². The van der Waals surface area contributed by atoms with E-state index in [4.69, 9.17) is 9.47 Å². The van der Waals surface area contributed by atoms with E-state index < -0.39 is 0 Å². The van der Waals surface area contributed by atoms with Gasteiger partial charge in [0.15, 0.2) is 0 Å². The zero-order valence-corrected chi connectivity index (χ0v) is 6.27. The molecule has 0 fully saturated rings. The van der Waals surface area contributed by atoms with Crippen LogP contribution in [0.15, 0.2) is 24.5 Å². The fourth-order valence-electron chi connectivity index (χ4n) is 1.34. The van der Waals surface area contributed by atoms with Crippen LogP contribution in [-0.4, -0.2) is 12.7 Å². The van der Waals surface area contributed by atoms with Crippen LogP contribution in [0.4, 0.5) is 0 Å². The van der Waals surface area contributed by atoms with E-state index in [1.165, 1.54) is 0 Å². The van der Waals surface area contributed by atoms with Gasteiger partial charge in [-0.05, 0) is 6.08 Å². The van der Waals surface area contributed by atoms with Crippen molar-refractivity contribution in [3.8, 4) is 0 Å². The summed E-state index contributed by atoms with van der Waals surface area (Å²) in [7, 11) is 0. The Morgan fingerprint density at radius 1 is 1.27 bits per heavy atom. The van der Waals surface area contributed by atoms with E-state index in [1.54, 1.807) is 6.26 Å². The highest BCUT2D eigenvalue weighted by atomic mass is 16.5. The highest BCUT2D eigenvalue weighted by molar-refractivity contribution is 5.04. The number of hydrogen-bond acceptors (Lipinski definition) is 2. The van der Waals surface area contributed by atoms with Crippen LogP contribution < -0.4 is 0 Å². The average molecular weight is 151 g/mol. The van der Waals surface area contributed by atoms with Gasteiger partial charge in [0.25, 0.3) is 0 Å². The summed E-state index contributed by atoms with van der Waals surface area (Å²) >= 11 is 0. The smallest absolute Gasteiger partial charge is 0.110 e. The first-order chi connectivity index (χ1) is 5.47. The molecule has 0 N–H and O–H groups in total. The molecule has 0 saturated carbocycles. The zero-order chi connectivity index (χ0) is 7.52. The Bertz CT molecular complexity index is 176. The molecule has 0 spiro atoms. The molecule has 0 aromatic rings. The van der Waals surface area contributed by atoms with E-state index in [-0.39, 0.29) is 6.10 Å². The van der Waals surface area contributed by atoms with Crippen LogP contribution in [0.2, 0.25) is 0 Å². The van der Waals surface area contributed by atoms with Gasteiger partial charge in [-0.15, -0.1) is 0 Å². The predicted molar refractivity (Wildman–Crippen MR) is 41.5 cm³/mol. The lowest BCUT2D eigenvalue weighted by molar-refractivity contribution is 0.0911. The molecule has 0 aliphatic carbocycles. The van der Waals surface area contributed by atoms with Crippen LogP contribution in [0.3, 0.4) is 0 Å². The molecule has 2 atom stereocenters. The molecule has 0 saturated heterocycles. The normalized spacial score (nSPS) is 35.6. The van der Waals surface area contributed by atoms with Crippen molar-refractivity contribution in [1.29, 1.82) is 0 Å². The van der Waals surface area contributed by atoms with Crippen molar-refractivity contribution in [2.24, 2.45) is 5.92 Å². The lowest BCUT2D eigenvalue weighted by atomic mass is 10.00. The van der Waals surface area contributed by atoms with E-state index >= 15 is 0 Å². The van der Waals surface area contributed by atoms with Gasteiger partial charge in [-0.25, -0.2) is 0 Å². The standard InChI is InChI=1S/C9H11O2/c1-3-8(7-10-5-1)9-4-2-6-11-9/h1-3,6-9H,4-5H2. The maximum Gasteiger partial charge on any atom is 0.110 e. The monoisotopic (exact) mass is 151 g/mol. The van der Waals surface area contributed by atoms with Crippen LogP contribution in [0.5, 0.6) is 0 Å². The van der Waals surface area contributed by atoms with Crippen LogP contribution in [0.1, 0.15) is 6.42 Å². The van der Waals surface area contributed by atoms with Gasteiger partial charge in [-0.1, -0.05) is 12.2 Å². The first-order valence-corrected chi connectivity index (χ1v) is 3.89. The summed E-state index contributed by atoms with van der Waals surface area (Å²) in [6, 6.07) is 0. The molecule has 2 aliphatic rings. The molecule has 0 aromatic heterocycles. The summed E-state index contributed by atoms with van der Waals surface area (Å²) in [6.45, 7) is 2.56. The van der Waals surface area contributed by atoms with Crippen LogP contribution in [-0.2, 0) is 9.47 Å². The molecule has 0 aromatic carbocycles. The van der Waals surface area contributed by atoms with E-state index in [9.17, 15) is 0 Å². The Hall–Kier alpha value is -0.760. The number of hydrogen-bond donors (Lipinski definition) is 0. The molecule has 11 heavy (non-hydrogen) atoms. The number of rotatable bonds is 1. The van der Waals surface area contributed by atoms with Crippen molar-refractivity contribution in [3.05, 3.63) is 31.1 Å². The summed E-state index contributed by atoms with van der Waals surface area (Å²) in [4.78, 5) is 0. The summed E-state index contributed by atoms with van der Waals surface area (Å²) in [5.74, 6) is 0.332. The largest absolute Gasteiger partial charge is 0.497 e. The minimum absolute atomic E-state index is 0.270. The van der Waals surface area contributed by atoms with Crippen molar-refractivity contribution in [3.63, 3.8) is 0 Å². The van der Waals surface area contributed by atoms with Gasteiger partial charge in [0.05, 0.1) is 19.5 Å². The van der Waals surface area contributed by atoms with Crippen LogP contribution in [0, 0.1) is 12.5 Å². The summed E-state index contributed by atoms with van der Waals surface area (Å²) in [6.07, 6.45) is 9.25. The van der Waals surface area contributed by atoms with Crippen LogP contribution >= 0.6 is 0 Å². The molecule has 2 aliphatic heterocycles. The maximum absolute atomic E-state index is 5.35. The minimum Gasteiger partial charge on any atom is -0.497 e. The van der Waals surface area contributed by atoms with Gasteiger partial charge in [-0.3, -0.25) is 0 Å². The van der Waals surface area contributed by atoms with Gasteiger partial charge < -0.3 is 9.47 Å². The van der Waals surface area contributed by atoms with Crippen molar-refractivity contribution in [2.75, 3.05) is 6.61 Å². The Kier molecular flexibility index (Phi) is 1.95. The Labute approximate surface area is 66.5 Å². The van der Waals surface area contributed by atoms with Gasteiger partial charge in [0.1, 0.15) is 6.10 Å². The molecule has 2 heteroatoms. The Balaban J connectivity index is 1.93. The quantitative estimate of drug-likeness (QED) is 0.530. The minimum atomic E-state index is 0.270.